The van der Waals surface area contributed by atoms with Gasteiger partial charge in [-0.1, -0.05) is 109 Å². The molecular formula is C30H24N2O5S. The molecule has 1 fully saturated rings. The first-order valence-corrected chi connectivity index (χ1v) is 13.6. The van der Waals surface area contributed by atoms with Crippen LogP contribution >= 0.6 is 0 Å². The van der Waals surface area contributed by atoms with E-state index in [-0.39, 0.29) is 4.90 Å². The van der Waals surface area contributed by atoms with E-state index in [0.717, 1.165) is 10.8 Å². The third kappa shape index (κ3) is 4.23. The van der Waals surface area contributed by atoms with Crippen LogP contribution in [0.3, 0.4) is 0 Å². The quantitative estimate of drug-likeness (QED) is 0.288. The maximum Gasteiger partial charge on any atom is 0.334 e. The number of hydrazine groups is 1. The van der Waals surface area contributed by atoms with Crippen LogP contribution in [0.4, 0.5) is 0 Å². The molecule has 6 rings (SSSR count). The second-order valence-electron chi connectivity index (χ2n) is 9.16. The number of rotatable bonds is 6. The zero-order valence-corrected chi connectivity index (χ0v) is 21.0. The largest absolute Gasteiger partial charge is 0.479 e. The van der Waals surface area contributed by atoms with E-state index in [9.17, 15) is 18.3 Å². The SMILES string of the molecule is O=C(O)C1O[C@@H](c2ccccc2)N(NS(=O)(=O)c2c3ccccc3cc3ccccc23)[C@H]1c1ccccc1. The summed E-state index contributed by atoms with van der Waals surface area (Å²) < 4.78 is 34.6. The summed E-state index contributed by atoms with van der Waals surface area (Å²) >= 11 is 0. The third-order valence-corrected chi connectivity index (χ3v) is 8.23. The van der Waals surface area contributed by atoms with Crippen molar-refractivity contribution in [1.82, 2.24) is 9.84 Å². The number of hydrogen-bond donors (Lipinski definition) is 2. The molecule has 8 heteroatoms. The van der Waals surface area contributed by atoms with E-state index < -0.39 is 34.4 Å². The molecule has 3 atom stereocenters. The predicted molar refractivity (Wildman–Crippen MR) is 144 cm³/mol. The molecule has 38 heavy (non-hydrogen) atoms. The van der Waals surface area contributed by atoms with Crippen molar-refractivity contribution >= 4 is 37.5 Å². The summed E-state index contributed by atoms with van der Waals surface area (Å²) in [5.74, 6) is -1.18. The van der Waals surface area contributed by atoms with Crippen LogP contribution in [0.15, 0.2) is 120 Å². The van der Waals surface area contributed by atoms with Crippen molar-refractivity contribution in [1.29, 1.82) is 0 Å². The maximum atomic E-state index is 14.3. The third-order valence-electron chi connectivity index (χ3n) is 6.80. The van der Waals surface area contributed by atoms with E-state index in [1.165, 1.54) is 5.01 Å². The topological polar surface area (TPSA) is 95.9 Å². The lowest BCUT2D eigenvalue weighted by molar-refractivity contribution is -0.150. The summed E-state index contributed by atoms with van der Waals surface area (Å²) in [6.07, 6.45) is -2.28. The molecule has 0 bridgehead atoms. The van der Waals surface area contributed by atoms with Crippen LogP contribution in [-0.4, -0.2) is 30.6 Å². The molecule has 5 aromatic carbocycles. The van der Waals surface area contributed by atoms with Crippen molar-refractivity contribution in [2.45, 2.75) is 23.3 Å². The van der Waals surface area contributed by atoms with Crippen LogP contribution in [0.5, 0.6) is 0 Å². The highest BCUT2D eigenvalue weighted by atomic mass is 32.2. The summed E-state index contributed by atoms with van der Waals surface area (Å²) in [5, 5.41) is 14.2. The van der Waals surface area contributed by atoms with E-state index in [1.54, 1.807) is 72.8 Å². The highest BCUT2D eigenvalue weighted by molar-refractivity contribution is 7.90. The molecule has 190 valence electrons. The maximum absolute atomic E-state index is 14.3. The normalized spacial score (nSPS) is 20.2. The van der Waals surface area contributed by atoms with Gasteiger partial charge in [0.1, 0.15) is 0 Å². The molecule has 0 aromatic heterocycles. The molecule has 5 aromatic rings. The standard InChI is InChI=1S/C30H24N2O5S/c33-30(34)27-26(20-11-3-1-4-12-20)32(29(37-27)21-13-5-2-6-14-21)31-38(35,36)28-24-17-9-7-15-22(24)19-23-16-8-10-18-25(23)28/h1-19,26-27,29,31H,(H,33,34)/t26-,27?,29-/m0/s1. The van der Waals surface area contributed by atoms with Crippen LogP contribution in [0.25, 0.3) is 21.5 Å². The molecule has 1 saturated heterocycles. The van der Waals surface area contributed by atoms with Gasteiger partial charge >= 0.3 is 5.97 Å². The van der Waals surface area contributed by atoms with Crippen LogP contribution in [0.1, 0.15) is 23.4 Å². The number of nitrogens with zero attached hydrogens (tertiary/aromatic N) is 1. The van der Waals surface area contributed by atoms with Crippen LogP contribution < -0.4 is 4.83 Å². The Morgan fingerprint density at radius 1 is 0.737 bits per heavy atom. The Labute approximate surface area is 219 Å². The van der Waals surface area contributed by atoms with Crippen LogP contribution in [0, 0.1) is 0 Å². The van der Waals surface area contributed by atoms with Crippen molar-refractivity contribution < 1.29 is 23.1 Å². The number of sulfonamides is 1. The summed E-state index contributed by atoms with van der Waals surface area (Å²) in [7, 11) is -4.22. The summed E-state index contributed by atoms with van der Waals surface area (Å²) in [4.78, 5) is 15.2. The number of aliphatic carboxylic acids is 1. The number of ether oxygens (including phenoxy) is 1. The van der Waals surface area contributed by atoms with Crippen molar-refractivity contribution in [2.75, 3.05) is 0 Å². The minimum Gasteiger partial charge on any atom is -0.479 e. The van der Waals surface area contributed by atoms with Crippen molar-refractivity contribution in [2.24, 2.45) is 0 Å². The highest BCUT2D eigenvalue weighted by Gasteiger charge is 2.49. The Morgan fingerprint density at radius 3 is 1.79 bits per heavy atom. The average molecular weight is 525 g/mol. The molecule has 1 aliphatic heterocycles. The van der Waals surface area contributed by atoms with Crippen molar-refractivity contribution in [3.05, 3.63) is 126 Å². The van der Waals surface area contributed by atoms with Gasteiger partial charge in [0.15, 0.2) is 12.3 Å². The minimum absolute atomic E-state index is 0.128. The lowest BCUT2D eigenvalue weighted by Gasteiger charge is -2.29. The van der Waals surface area contributed by atoms with Gasteiger partial charge in [-0.15, -0.1) is 4.83 Å². The van der Waals surface area contributed by atoms with E-state index in [2.05, 4.69) is 4.83 Å². The van der Waals surface area contributed by atoms with Crippen molar-refractivity contribution in [3.8, 4) is 0 Å². The molecule has 0 radical (unpaired) electrons. The van der Waals surface area contributed by atoms with E-state index in [4.69, 9.17) is 4.74 Å². The minimum atomic E-state index is -4.22. The van der Waals surface area contributed by atoms with Gasteiger partial charge in [-0.2, -0.15) is 5.01 Å². The zero-order chi connectivity index (χ0) is 26.3. The zero-order valence-electron chi connectivity index (χ0n) is 20.1. The van der Waals surface area contributed by atoms with Gasteiger partial charge < -0.3 is 9.84 Å². The lowest BCUT2D eigenvalue weighted by atomic mass is 10.0. The van der Waals surface area contributed by atoms with Gasteiger partial charge in [0.2, 0.25) is 0 Å². The van der Waals surface area contributed by atoms with Crippen molar-refractivity contribution in [3.63, 3.8) is 0 Å². The molecule has 1 unspecified atom stereocenters. The number of nitrogens with one attached hydrogen (secondary N) is 1. The summed E-state index contributed by atoms with van der Waals surface area (Å²) in [5.41, 5.74) is 1.24. The summed E-state index contributed by atoms with van der Waals surface area (Å²) in [6.45, 7) is 0. The van der Waals surface area contributed by atoms with Crippen LogP contribution in [0.2, 0.25) is 0 Å². The number of carboxylic acid groups (broad SMARTS) is 1. The smallest absolute Gasteiger partial charge is 0.334 e. The number of benzene rings is 5. The van der Waals surface area contributed by atoms with Gasteiger partial charge in [0.25, 0.3) is 10.0 Å². The molecule has 1 heterocycles. The fourth-order valence-electron chi connectivity index (χ4n) is 5.16. The molecule has 7 nitrogen and oxygen atoms in total. The molecule has 1 aliphatic rings. The van der Waals surface area contributed by atoms with Gasteiger partial charge in [0, 0.05) is 10.8 Å². The van der Waals surface area contributed by atoms with Gasteiger partial charge in [-0.05, 0) is 28.0 Å². The first kappa shape index (κ1) is 24.3. The van der Waals surface area contributed by atoms with E-state index in [0.29, 0.717) is 21.9 Å². The molecule has 0 spiro atoms. The fourth-order valence-corrected chi connectivity index (χ4v) is 6.69. The average Bonchev–Trinajstić information content (AvgIpc) is 3.31. The molecule has 2 N–H and O–H groups in total. The monoisotopic (exact) mass is 524 g/mol. The Hall–Kier alpha value is -4.08. The predicted octanol–water partition coefficient (Wildman–Crippen LogP) is 5.41. The molecule has 0 saturated carbocycles. The van der Waals surface area contributed by atoms with E-state index >= 15 is 0 Å². The highest BCUT2D eigenvalue weighted by Crippen LogP contribution is 2.43. The van der Waals surface area contributed by atoms with Gasteiger partial charge in [0.05, 0.1) is 10.9 Å². The Balaban J connectivity index is 1.54. The van der Waals surface area contributed by atoms with Gasteiger partial charge in [-0.3, -0.25) is 0 Å². The molecule has 0 aliphatic carbocycles. The Bertz CT molecular complexity index is 1690. The van der Waals surface area contributed by atoms with E-state index in [1.807, 2.05) is 42.5 Å². The van der Waals surface area contributed by atoms with Gasteiger partial charge in [-0.25, -0.2) is 13.2 Å². The number of carbonyl (C=O) groups is 1. The first-order chi connectivity index (χ1) is 18.4. The number of carboxylic acids is 1. The second-order valence-corrected chi connectivity index (χ2v) is 10.8. The molecule has 0 amide bonds. The summed E-state index contributed by atoms with van der Waals surface area (Å²) in [6, 6.07) is 33.6. The Kier molecular flexibility index (Phi) is 6.17. The lowest BCUT2D eigenvalue weighted by Crippen LogP contribution is -2.45. The van der Waals surface area contributed by atoms with Crippen LogP contribution in [-0.2, 0) is 19.6 Å². The number of hydrogen-bond acceptors (Lipinski definition) is 5. The first-order valence-electron chi connectivity index (χ1n) is 12.1. The Morgan fingerprint density at radius 2 is 1.24 bits per heavy atom. The number of fused-ring (bicyclic) bond motifs is 2. The fraction of sp³-hybridized carbons (Fsp3) is 0.100. The molecular weight excluding hydrogens is 500 g/mol. The second kappa shape index (κ2) is 9.66.